The fraction of sp³-hybridized carbons (Fsp3) is 0.160. The number of nitrogens with one attached hydrogen (secondary N) is 1. The van der Waals surface area contributed by atoms with Gasteiger partial charge in [-0.1, -0.05) is 35.3 Å². The van der Waals surface area contributed by atoms with Gasteiger partial charge in [0.1, 0.15) is 12.4 Å². The van der Waals surface area contributed by atoms with E-state index in [2.05, 4.69) is 15.4 Å². The van der Waals surface area contributed by atoms with E-state index in [4.69, 9.17) is 32.7 Å². The Balaban J connectivity index is 1.66. The maximum atomic E-state index is 13.5. The lowest BCUT2D eigenvalue weighted by atomic mass is 10.2. The van der Waals surface area contributed by atoms with E-state index in [0.717, 1.165) is 0 Å². The lowest BCUT2D eigenvalue weighted by Gasteiger charge is -2.10. The second-order valence-corrected chi connectivity index (χ2v) is 8.13. The van der Waals surface area contributed by atoms with Crippen LogP contribution in [0.15, 0.2) is 66.7 Å². The Morgan fingerprint density at radius 3 is 2.63 bits per heavy atom. The van der Waals surface area contributed by atoms with E-state index >= 15 is 0 Å². The average molecular weight is 515 g/mol. The Kier molecular flexibility index (Phi) is 7.97. The largest absolute Gasteiger partial charge is 0.460 e. The van der Waals surface area contributed by atoms with Crippen molar-refractivity contribution in [1.29, 1.82) is 0 Å². The molecule has 35 heavy (non-hydrogen) atoms. The first kappa shape index (κ1) is 24.7. The second kappa shape index (κ2) is 11.3. The fourth-order valence-corrected chi connectivity index (χ4v) is 3.54. The van der Waals surface area contributed by atoms with Crippen molar-refractivity contribution in [1.82, 2.24) is 14.8 Å². The summed E-state index contributed by atoms with van der Waals surface area (Å²) in [4.78, 5) is 17.1. The van der Waals surface area contributed by atoms with Gasteiger partial charge in [0.15, 0.2) is 5.82 Å². The molecule has 0 fully saturated rings. The number of hydrogen-bond donors (Lipinski definition) is 1. The van der Waals surface area contributed by atoms with Gasteiger partial charge in [-0.05, 0) is 61.5 Å². The molecule has 1 aromatic heterocycles. The molecule has 1 N–H and O–H groups in total. The first-order valence-electron chi connectivity index (χ1n) is 10.7. The zero-order chi connectivity index (χ0) is 24.8. The molecule has 4 rings (SSSR count). The van der Waals surface area contributed by atoms with E-state index in [1.807, 2.05) is 6.92 Å². The van der Waals surface area contributed by atoms with E-state index in [1.54, 1.807) is 47.1 Å². The highest BCUT2D eigenvalue weighted by atomic mass is 35.5. The number of hydrogen-bond acceptors (Lipinski definition) is 5. The molecule has 7 nitrogen and oxygen atoms in total. The summed E-state index contributed by atoms with van der Waals surface area (Å²) in [6.45, 7) is 3.15. The van der Waals surface area contributed by atoms with Crippen molar-refractivity contribution in [2.75, 3.05) is 25.1 Å². The third-order valence-electron chi connectivity index (χ3n) is 4.86. The average Bonchev–Trinajstić information content (AvgIpc) is 3.28. The number of halogens is 3. The Morgan fingerprint density at radius 2 is 1.86 bits per heavy atom. The summed E-state index contributed by atoms with van der Waals surface area (Å²) in [6, 6.07) is 17.7. The van der Waals surface area contributed by atoms with Gasteiger partial charge in [0.2, 0.25) is 0 Å². The smallest absolute Gasteiger partial charge is 0.336 e. The highest BCUT2D eigenvalue weighted by Crippen LogP contribution is 2.30. The first-order valence-corrected chi connectivity index (χ1v) is 11.5. The van der Waals surface area contributed by atoms with Crippen LogP contribution in [0.2, 0.25) is 10.0 Å². The highest BCUT2D eigenvalue weighted by molar-refractivity contribution is 6.42. The zero-order valence-corrected chi connectivity index (χ0v) is 20.2. The van der Waals surface area contributed by atoms with Crippen molar-refractivity contribution in [3.05, 3.63) is 88.2 Å². The SMILES string of the molecule is CCOCCOc1nc(-c2ccc(Cl)c(Cl)c2)n(-c2cccc(NC(=O)c3cccc(F)c3)c2)n1. The van der Waals surface area contributed by atoms with E-state index in [1.165, 1.54) is 24.3 Å². The molecule has 0 bridgehead atoms. The molecule has 0 unspecified atom stereocenters. The van der Waals surface area contributed by atoms with E-state index < -0.39 is 11.7 Å². The number of anilines is 1. The Hall–Kier alpha value is -3.46. The topological polar surface area (TPSA) is 78.3 Å². The molecule has 0 saturated heterocycles. The number of carbonyl (C=O) groups excluding carboxylic acids is 1. The van der Waals surface area contributed by atoms with Crippen LogP contribution < -0.4 is 10.1 Å². The number of rotatable bonds is 9. The van der Waals surface area contributed by atoms with Crippen molar-refractivity contribution in [2.24, 2.45) is 0 Å². The summed E-state index contributed by atoms with van der Waals surface area (Å²) < 4.78 is 26.0. The zero-order valence-electron chi connectivity index (χ0n) is 18.7. The van der Waals surface area contributed by atoms with Crippen LogP contribution in [0.4, 0.5) is 10.1 Å². The summed E-state index contributed by atoms with van der Waals surface area (Å²) >= 11 is 12.3. The van der Waals surface area contributed by atoms with Crippen molar-refractivity contribution in [3.8, 4) is 23.1 Å². The number of carbonyl (C=O) groups is 1. The monoisotopic (exact) mass is 514 g/mol. The van der Waals surface area contributed by atoms with Crippen LogP contribution in [0.3, 0.4) is 0 Å². The number of aromatic nitrogens is 3. The molecule has 4 aromatic rings. The third-order valence-corrected chi connectivity index (χ3v) is 5.60. The quantitative estimate of drug-likeness (QED) is 0.275. The van der Waals surface area contributed by atoms with Gasteiger partial charge in [0.05, 0.1) is 22.3 Å². The van der Waals surface area contributed by atoms with Crippen LogP contribution in [0.5, 0.6) is 6.01 Å². The van der Waals surface area contributed by atoms with E-state index in [-0.39, 0.29) is 18.2 Å². The molecule has 1 heterocycles. The van der Waals surface area contributed by atoms with Crippen molar-refractivity contribution in [3.63, 3.8) is 0 Å². The highest BCUT2D eigenvalue weighted by Gasteiger charge is 2.17. The molecule has 0 aliphatic carbocycles. The van der Waals surface area contributed by atoms with Crippen LogP contribution in [0.1, 0.15) is 17.3 Å². The molecule has 180 valence electrons. The maximum Gasteiger partial charge on any atom is 0.336 e. The van der Waals surface area contributed by atoms with Gasteiger partial charge in [-0.3, -0.25) is 4.79 Å². The van der Waals surface area contributed by atoms with Gasteiger partial charge in [0, 0.05) is 23.4 Å². The van der Waals surface area contributed by atoms with E-state index in [9.17, 15) is 9.18 Å². The molecule has 0 saturated carbocycles. The van der Waals surface area contributed by atoms with Crippen molar-refractivity contribution >= 4 is 34.8 Å². The van der Waals surface area contributed by atoms with Crippen LogP contribution in [-0.2, 0) is 4.74 Å². The second-order valence-electron chi connectivity index (χ2n) is 7.32. The normalized spacial score (nSPS) is 10.9. The lowest BCUT2D eigenvalue weighted by molar-refractivity contribution is 0.102. The predicted molar refractivity (Wildman–Crippen MR) is 133 cm³/mol. The standard InChI is InChI=1S/C25H21Cl2FN4O3/c1-2-34-11-12-35-25-30-23(16-9-10-21(26)22(27)14-16)32(31-25)20-8-4-7-19(15-20)29-24(33)17-5-3-6-18(28)13-17/h3-10,13-15H,2,11-12H2,1H3,(H,29,33). The van der Waals surface area contributed by atoms with Gasteiger partial charge in [-0.25, -0.2) is 9.07 Å². The summed E-state index contributed by atoms with van der Waals surface area (Å²) in [5.41, 5.74) is 1.97. The molecule has 0 aliphatic heterocycles. The Bertz CT molecular complexity index is 1350. The van der Waals surface area contributed by atoms with Gasteiger partial charge in [-0.15, -0.1) is 5.10 Å². The van der Waals surface area contributed by atoms with Gasteiger partial charge in [-0.2, -0.15) is 4.98 Å². The number of nitrogens with zero attached hydrogens (tertiary/aromatic N) is 3. The summed E-state index contributed by atoms with van der Waals surface area (Å²) in [5, 5.41) is 8.04. The molecule has 10 heteroatoms. The Morgan fingerprint density at radius 1 is 1.03 bits per heavy atom. The van der Waals surface area contributed by atoms with Crippen LogP contribution in [0, 0.1) is 5.82 Å². The molecule has 3 aromatic carbocycles. The number of benzene rings is 3. The number of ether oxygens (including phenoxy) is 2. The minimum absolute atomic E-state index is 0.153. The van der Waals surface area contributed by atoms with Crippen LogP contribution in [0.25, 0.3) is 17.1 Å². The summed E-state index contributed by atoms with van der Waals surface area (Å²) in [5.74, 6) is -0.467. The molecule has 0 spiro atoms. The maximum absolute atomic E-state index is 13.5. The molecule has 1 amide bonds. The molecular formula is C25H21Cl2FN4O3. The number of amides is 1. The van der Waals surface area contributed by atoms with E-state index in [0.29, 0.717) is 46.0 Å². The minimum atomic E-state index is -0.489. The summed E-state index contributed by atoms with van der Waals surface area (Å²) in [6.07, 6.45) is 0. The van der Waals surface area contributed by atoms with Crippen molar-refractivity contribution in [2.45, 2.75) is 6.92 Å². The third kappa shape index (κ3) is 6.16. The van der Waals surface area contributed by atoms with Crippen LogP contribution >= 0.6 is 23.2 Å². The van der Waals surface area contributed by atoms with Gasteiger partial charge in [0.25, 0.3) is 5.91 Å². The molecule has 0 radical (unpaired) electrons. The van der Waals surface area contributed by atoms with Gasteiger partial charge >= 0.3 is 6.01 Å². The predicted octanol–water partition coefficient (Wildman–Crippen LogP) is 6.05. The Labute approximate surface area is 211 Å². The minimum Gasteiger partial charge on any atom is -0.460 e. The fourth-order valence-electron chi connectivity index (χ4n) is 3.24. The molecule has 0 atom stereocenters. The molecular weight excluding hydrogens is 494 g/mol. The first-order chi connectivity index (χ1) is 16.9. The van der Waals surface area contributed by atoms with Gasteiger partial charge < -0.3 is 14.8 Å². The molecule has 0 aliphatic rings. The van der Waals surface area contributed by atoms with Crippen LogP contribution in [-0.4, -0.2) is 40.5 Å². The lowest BCUT2D eigenvalue weighted by Crippen LogP contribution is -2.12. The van der Waals surface area contributed by atoms with Crippen molar-refractivity contribution < 1.29 is 18.7 Å². The summed E-state index contributed by atoms with van der Waals surface area (Å²) in [7, 11) is 0.